The first-order valence-electron chi connectivity index (χ1n) is 6.26. The van der Waals surface area contributed by atoms with Crippen LogP contribution in [0.1, 0.15) is 21.6 Å². The van der Waals surface area contributed by atoms with Gasteiger partial charge < -0.3 is 15.2 Å². The minimum Gasteiger partial charge on any atom is -0.478 e. The molecule has 0 aliphatic heterocycles. The molecule has 2 N–H and O–H groups in total. The fourth-order valence-corrected chi connectivity index (χ4v) is 1.77. The zero-order valence-electron chi connectivity index (χ0n) is 11.4. The van der Waals surface area contributed by atoms with Gasteiger partial charge in [-0.05, 0) is 5.56 Å². The Morgan fingerprint density at radius 3 is 2.71 bits per heavy atom. The largest absolute Gasteiger partial charge is 0.478 e. The van der Waals surface area contributed by atoms with Gasteiger partial charge in [0.2, 0.25) is 0 Å². The van der Waals surface area contributed by atoms with E-state index >= 15 is 0 Å². The first-order valence-corrected chi connectivity index (χ1v) is 6.26. The Morgan fingerprint density at radius 2 is 2.05 bits per heavy atom. The summed E-state index contributed by atoms with van der Waals surface area (Å²) < 4.78 is 6.41. The molecule has 1 amide bonds. The number of hydrogen-bond donors (Lipinski definition) is 2. The molecule has 0 saturated heterocycles. The van der Waals surface area contributed by atoms with Gasteiger partial charge in [0.05, 0.1) is 12.2 Å². The Kier molecular flexibility index (Phi) is 4.55. The summed E-state index contributed by atoms with van der Waals surface area (Å²) in [7, 11) is 1.61. The van der Waals surface area contributed by atoms with E-state index in [2.05, 4.69) is 10.4 Å². The third kappa shape index (κ3) is 4.07. The summed E-state index contributed by atoms with van der Waals surface area (Å²) in [6, 6.07) is 9.26. The van der Waals surface area contributed by atoms with E-state index in [0.29, 0.717) is 0 Å². The number of nitrogens with one attached hydrogen (secondary N) is 1. The number of alkyl carbamates (subject to hydrolysis) is 1. The van der Waals surface area contributed by atoms with Gasteiger partial charge in [-0.25, -0.2) is 9.59 Å². The number of amides is 1. The predicted octanol–water partition coefficient (Wildman–Crippen LogP) is 1.54. The van der Waals surface area contributed by atoms with Gasteiger partial charge in [0.15, 0.2) is 0 Å². The molecule has 2 rings (SSSR count). The van der Waals surface area contributed by atoms with Gasteiger partial charge in [0.25, 0.3) is 0 Å². The summed E-state index contributed by atoms with van der Waals surface area (Å²) in [4.78, 5) is 22.6. The number of carbonyl (C=O) groups is 2. The van der Waals surface area contributed by atoms with Crippen LogP contribution in [0.2, 0.25) is 0 Å². The summed E-state index contributed by atoms with van der Waals surface area (Å²) >= 11 is 0. The van der Waals surface area contributed by atoms with Crippen molar-refractivity contribution < 1.29 is 19.4 Å². The van der Waals surface area contributed by atoms with Crippen molar-refractivity contribution in [3.05, 3.63) is 53.3 Å². The van der Waals surface area contributed by atoms with Crippen LogP contribution in [0.4, 0.5) is 4.79 Å². The molecule has 21 heavy (non-hydrogen) atoms. The second kappa shape index (κ2) is 6.56. The third-order valence-electron chi connectivity index (χ3n) is 2.75. The van der Waals surface area contributed by atoms with Crippen molar-refractivity contribution in [1.82, 2.24) is 15.1 Å². The molecule has 0 bridgehead atoms. The number of aryl methyl sites for hydroxylation is 1. The van der Waals surface area contributed by atoms with Crippen molar-refractivity contribution in [3.8, 4) is 0 Å². The predicted molar refractivity (Wildman–Crippen MR) is 73.6 cm³/mol. The Hall–Kier alpha value is -2.83. The van der Waals surface area contributed by atoms with Gasteiger partial charge in [0, 0.05) is 13.2 Å². The van der Waals surface area contributed by atoms with E-state index < -0.39 is 12.1 Å². The number of aromatic nitrogens is 2. The number of ether oxygens (including phenoxy) is 1. The third-order valence-corrected chi connectivity index (χ3v) is 2.75. The van der Waals surface area contributed by atoms with E-state index in [9.17, 15) is 9.59 Å². The monoisotopic (exact) mass is 289 g/mol. The molecule has 7 heteroatoms. The smallest absolute Gasteiger partial charge is 0.407 e. The van der Waals surface area contributed by atoms with Gasteiger partial charge >= 0.3 is 12.1 Å². The number of carboxylic acid groups (broad SMARTS) is 1. The zero-order chi connectivity index (χ0) is 15.2. The normalized spacial score (nSPS) is 10.1. The molecular weight excluding hydrogens is 274 g/mol. The van der Waals surface area contributed by atoms with Crippen molar-refractivity contribution in [2.24, 2.45) is 7.05 Å². The van der Waals surface area contributed by atoms with Crippen LogP contribution in [0.5, 0.6) is 0 Å². The van der Waals surface area contributed by atoms with E-state index in [0.717, 1.165) is 5.56 Å². The topological polar surface area (TPSA) is 93.5 Å². The van der Waals surface area contributed by atoms with Gasteiger partial charge in [-0.1, -0.05) is 30.3 Å². The van der Waals surface area contributed by atoms with E-state index in [1.807, 2.05) is 30.3 Å². The van der Waals surface area contributed by atoms with E-state index in [-0.39, 0.29) is 24.4 Å². The molecule has 0 unspecified atom stereocenters. The number of carbonyl (C=O) groups excluding carboxylic acids is 1. The van der Waals surface area contributed by atoms with E-state index in [4.69, 9.17) is 9.84 Å². The molecule has 0 fully saturated rings. The molecule has 7 nitrogen and oxygen atoms in total. The van der Waals surface area contributed by atoms with Crippen molar-refractivity contribution in [2.75, 3.05) is 0 Å². The standard InChI is InChI=1S/C14H15N3O4/c1-17-8-11(13(18)19)12(16-17)7-15-14(20)21-9-10-5-3-2-4-6-10/h2-6,8H,7,9H2,1H3,(H,15,20)(H,18,19). The van der Waals surface area contributed by atoms with Crippen LogP contribution in [0.15, 0.2) is 36.5 Å². The first-order chi connectivity index (χ1) is 10.1. The molecule has 1 aromatic heterocycles. The second-order valence-electron chi connectivity index (χ2n) is 4.38. The highest BCUT2D eigenvalue weighted by molar-refractivity contribution is 5.88. The van der Waals surface area contributed by atoms with Crippen LogP contribution in [0.3, 0.4) is 0 Å². The van der Waals surface area contributed by atoms with Gasteiger partial charge in [-0.3, -0.25) is 4.68 Å². The van der Waals surface area contributed by atoms with Gasteiger partial charge in [-0.2, -0.15) is 5.10 Å². The van der Waals surface area contributed by atoms with Crippen LogP contribution in [0, 0.1) is 0 Å². The molecular formula is C14H15N3O4. The SMILES string of the molecule is Cn1cc(C(=O)O)c(CNC(=O)OCc2ccccc2)n1. The quantitative estimate of drug-likeness (QED) is 0.871. The lowest BCUT2D eigenvalue weighted by molar-refractivity contribution is 0.0695. The molecule has 110 valence electrons. The molecule has 0 spiro atoms. The minimum absolute atomic E-state index is 0.00387. The van der Waals surface area contributed by atoms with Crippen molar-refractivity contribution in [2.45, 2.75) is 13.2 Å². The molecule has 2 aromatic rings. The highest BCUT2D eigenvalue weighted by atomic mass is 16.5. The van der Waals surface area contributed by atoms with Crippen LogP contribution >= 0.6 is 0 Å². The minimum atomic E-state index is -1.09. The summed E-state index contributed by atoms with van der Waals surface area (Å²) in [6.45, 7) is 0.150. The number of nitrogens with zero attached hydrogens (tertiary/aromatic N) is 2. The van der Waals surface area contributed by atoms with Crippen molar-refractivity contribution in [3.63, 3.8) is 0 Å². The molecule has 1 heterocycles. The Balaban J connectivity index is 1.85. The summed E-state index contributed by atoms with van der Waals surface area (Å²) in [5, 5.41) is 15.5. The molecule has 1 aromatic carbocycles. The maximum absolute atomic E-state index is 11.6. The first kappa shape index (κ1) is 14.6. The summed E-state index contributed by atoms with van der Waals surface area (Å²) in [5.74, 6) is -1.09. The fourth-order valence-electron chi connectivity index (χ4n) is 1.77. The average molecular weight is 289 g/mol. The molecule has 0 radical (unpaired) electrons. The van der Waals surface area contributed by atoms with E-state index in [1.54, 1.807) is 7.05 Å². The fraction of sp³-hybridized carbons (Fsp3) is 0.214. The van der Waals surface area contributed by atoms with Crippen molar-refractivity contribution >= 4 is 12.1 Å². The maximum Gasteiger partial charge on any atom is 0.407 e. The lowest BCUT2D eigenvalue weighted by Crippen LogP contribution is -2.24. The summed E-state index contributed by atoms with van der Waals surface area (Å²) in [6.07, 6.45) is 0.759. The Labute approximate surface area is 121 Å². The van der Waals surface area contributed by atoms with Crippen LogP contribution in [-0.4, -0.2) is 26.9 Å². The maximum atomic E-state index is 11.6. The second-order valence-corrected chi connectivity index (χ2v) is 4.38. The molecule has 0 atom stereocenters. The Morgan fingerprint density at radius 1 is 1.33 bits per heavy atom. The van der Waals surface area contributed by atoms with Crippen LogP contribution < -0.4 is 5.32 Å². The zero-order valence-corrected chi connectivity index (χ0v) is 11.4. The van der Waals surface area contributed by atoms with Crippen molar-refractivity contribution in [1.29, 1.82) is 0 Å². The van der Waals surface area contributed by atoms with Gasteiger partial charge in [0.1, 0.15) is 12.2 Å². The molecule has 0 saturated carbocycles. The number of carboxylic acids is 1. The van der Waals surface area contributed by atoms with E-state index in [1.165, 1.54) is 10.9 Å². The highest BCUT2D eigenvalue weighted by Gasteiger charge is 2.15. The Bertz CT molecular complexity index is 637. The highest BCUT2D eigenvalue weighted by Crippen LogP contribution is 2.06. The number of hydrogen-bond acceptors (Lipinski definition) is 4. The number of benzene rings is 1. The number of rotatable bonds is 5. The van der Waals surface area contributed by atoms with Gasteiger partial charge in [-0.15, -0.1) is 0 Å². The lowest BCUT2D eigenvalue weighted by atomic mass is 10.2. The number of aromatic carboxylic acids is 1. The molecule has 0 aliphatic carbocycles. The average Bonchev–Trinajstić information content (AvgIpc) is 2.85. The lowest BCUT2D eigenvalue weighted by Gasteiger charge is -2.06. The summed E-state index contributed by atoms with van der Waals surface area (Å²) in [5.41, 5.74) is 1.21. The van der Waals surface area contributed by atoms with Crippen LogP contribution in [0.25, 0.3) is 0 Å². The molecule has 0 aliphatic rings. The van der Waals surface area contributed by atoms with Crippen LogP contribution in [-0.2, 0) is 24.9 Å².